The van der Waals surface area contributed by atoms with Crippen LogP contribution >= 0.6 is 0 Å². The Kier molecular flexibility index (Phi) is 7.95. The van der Waals surface area contributed by atoms with Crippen LogP contribution in [0.1, 0.15) is 46.0 Å². The number of aromatic nitrogens is 2. The number of carbonyl (C=O) groups is 2. The van der Waals surface area contributed by atoms with Crippen LogP contribution in [0, 0.1) is 0 Å². The Balaban J connectivity index is 1.38. The van der Waals surface area contributed by atoms with Gasteiger partial charge in [-0.1, -0.05) is 13.0 Å². The highest BCUT2D eigenvalue weighted by molar-refractivity contribution is 5.95. The molecule has 0 spiro atoms. The van der Waals surface area contributed by atoms with Gasteiger partial charge in [-0.3, -0.25) is 14.0 Å². The van der Waals surface area contributed by atoms with Crippen LogP contribution in [0.15, 0.2) is 59.3 Å². The van der Waals surface area contributed by atoms with Crippen molar-refractivity contribution in [2.45, 2.75) is 26.8 Å². The van der Waals surface area contributed by atoms with Crippen molar-refractivity contribution < 1.29 is 23.5 Å². The molecular formula is C30H35N5O5. The molecule has 2 amide bonds. The highest BCUT2D eigenvalue weighted by atomic mass is 16.5. The van der Waals surface area contributed by atoms with Gasteiger partial charge in [0, 0.05) is 45.5 Å². The number of piperazine rings is 1. The lowest BCUT2D eigenvalue weighted by Gasteiger charge is -2.34. The maximum atomic E-state index is 13.5. The fourth-order valence-corrected chi connectivity index (χ4v) is 5.17. The van der Waals surface area contributed by atoms with Gasteiger partial charge >= 0.3 is 0 Å². The van der Waals surface area contributed by atoms with Crippen molar-refractivity contribution in [2.24, 2.45) is 0 Å². The second-order valence-electron chi connectivity index (χ2n) is 9.65. The first-order chi connectivity index (χ1) is 19.5. The molecule has 10 heteroatoms. The number of anilines is 1. The highest BCUT2D eigenvalue weighted by Gasteiger charge is 2.27. The molecule has 1 saturated heterocycles. The maximum absolute atomic E-state index is 13.5. The van der Waals surface area contributed by atoms with Gasteiger partial charge in [-0.05, 0) is 55.3 Å². The Bertz CT molecular complexity index is 1490. The zero-order chi connectivity index (χ0) is 28.2. The number of methoxy groups -OCH3 is 2. The topological polar surface area (TPSA) is 92.8 Å². The number of carbonyl (C=O) groups excluding carboxylic acids is 2. The van der Waals surface area contributed by atoms with Gasteiger partial charge in [0.15, 0.2) is 17.3 Å². The summed E-state index contributed by atoms with van der Waals surface area (Å²) in [6, 6.07) is 13.0. The van der Waals surface area contributed by atoms with E-state index in [0.717, 1.165) is 35.7 Å². The van der Waals surface area contributed by atoms with Crippen molar-refractivity contribution in [3.63, 3.8) is 0 Å². The van der Waals surface area contributed by atoms with E-state index in [4.69, 9.17) is 18.9 Å². The molecule has 0 aliphatic carbocycles. The molecule has 4 aromatic rings. The van der Waals surface area contributed by atoms with Crippen LogP contribution in [0.3, 0.4) is 0 Å². The molecule has 40 heavy (non-hydrogen) atoms. The summed E-state index contributed by atoms with van der Waals surface area (Å²) in [4.78, 5) is 36.8. The monoisotopic (exact) mass is 545 g/mol. The van der Waals surface area contributed by atoms with E-state index < -0.39 is 0 Å². The highest BCUT2D eigenvalue weighted by Crippen LogP contribution is 2.30. The van der Waals surface area contributed by atoms with Crippen LogP contribution in [-0.2, 0) is 13.0 Å². The summed E-state index contributed by atoms with van der Waals surface area (Å²) in [6.07, 6.45) is 4.14. The first kappa shape index (κ1) is 27.1. The fourth-order valence-electron chi connectivity index (χ4n) is 5.17. The Morgan fingerprint density at radius 1 is 0.950 bits per heavy atom. The van der Waals surface area contributed by atoms with Gasteiger partial charge in [0.1, 0.15) is 11.5 Å². The third kappa shape index (κ3) is 5.21. The first-order valence-electron chi connectivity index (χ1n) is 13.6. The molecule has 1 aliphatic heterocycles. The molecule has 3 aromatic heterocycles. The number of hydrogen-bond donors (Lipinski definition) is 0. The summed E-state index contributed by atoms with van der Waals surface area (Å²) in [7, 11) is 3.26. The molecule has 10 nitrogen and oxygen atoms in total. The average molecular weight is 546 g/mol. The Morgan fingerprint density at radius 2 is 1.68 bits per heavy atom. The third-order valence-corrected chi connectivity index (χ3v) is 7.33. The van der Waals surface area contributed by atoms with Gasteiger partial charge in [-0.15, -0.1) is 0 Å². The molecule has 210 valence electrons. The Hall–Kier alpha value is -4.47. The maximum Gasteiger partial charge on any atom is 0.289 e. The lowest BCUT2D eigenvalue weighted by Crippen LogP contribution is -2.50. The molecule has 0 atom stereocenters. The average Bonchev–Trinajstić information content (AvgIpc) is 3.67. The molecule has 0 radical (unpaired) electrons. The number of ether oxygens (including phenoxy) is 2. The number of imidazole rings is 1. The molecule has 1 aliphatic rings. The van der Waals surface area contributed by atoms with Crippen molar-refractivity contribution in [3.8, 4) is 11.5 Å². The largest absolute Gasteiger partial charge is 0.493 e. The molecule has 0 unspecified atom stereocenters. The summed E-state index contributed by atoms with van der Waals surface area (Å²) in [5.41, 5.74) is 3.42. The summed E-state index contributed by atoms with van der Waals surface area (Å²) in [5, 5.41) is 0. The molecule has 4 heterocycles. The van der Waals surface area contributed by atoms with E-state index in [1.165, 1.54) is 6.26 Å². The summed E-state index contributed by atoms with van der Waals surface area (Å²) < 4.78 is 18.2. The number of rotatable bonds is 9. The van der Waals surface area contributed by atoms with E-state index >= 15 is 0 Å². The minimum Gasteiger partial charge on any atom is -0.493 e. The third-order valence-electron chi connectivity index (χ3n) is 7.33. The quantitative estimate of drug-likeness (QED) is 0.312. The first-order valence-corrected chi connectivity index (χ1v) is 13.6. The van der Waals surface area contributed by atoms with Crippen LogP contribution in [0.4, 0.5) is 5.82 Å². The van der Waals surface area contributed by atoms with E-state index in [-0.39, 0.29) is 11.8 Å². The van der Waals surface area contributed by atoms with Gasteiger partial charge < -0.3 is 28.6 Å². The lowest BCUT2D eigenvalue weighted by atomic mass is 10.1. The van der Waals surface area contributed by atoms with Gasteiger partial charge in [-0.25, -0.2) is 4.98 Å². The summed E-state index contributed by atoms with van der Waals surface area (Å²) in [6.45, 7) is 7.42. The van der Waals surface area contributed by atoms with E-state index in [9.17, 15) is 9.59 Å². The molecule has 1 aromatic carbocycles. The van der Waals surface area contributed by atoms with Crippen molar-refractivity contribution in [2.75, 3.05) is 51.8 Å². The second kappa shape index (κ2) is 11.7. The zero-order valence-corrected chi connectivity index (χ0v) is 23.4. The minimum absolute atomic E-state index is 0.0624. The fraction of sp³-hybridized carbons (Fsp3) is 0.367. The van der Waals surface area contributed by atoms with Crippen LogP contribution < -0.4 is 14.4 Å². The number of aryl methyl sites for hydroxylation is 1. The number of furan rings is 1. The lowest BCUT2D eigenvalue weighted by molar-refractivity contribution is 0.0518. The van der Waals surface area contributed by atoms with Crippen LogP contribution in [0.25, 0.3) is 5.65 Å². The van der Waals surface area contributed by atoms with Crippen molar-refractivity contribution in [1.29, 1.82) is 0 Å². The summed E-state index contributed by atoms with van der Waals surface area (Å²) in [5.74, 6) is 2.45. The number of hydrogen-bond acceptors (Lipinski definition) is 7. The Morgan fingerprint density at radius 3 is 2.30 bits per heavy atom. The van der Waals surface area contributed by atoms with Gasteiger partial charge in [0.2, 0.25) is 0 Å². The van der Waals surface area contributed by atoms with Crippen LogP contribution in [-0.4, -0.2) is 77.9 Å². The molecular weight excluding hydrogens is 510 g/mol. The number of fused-ring (bicyclic) bond motifs is 1. The molecule has 5 rings (SSSR count). The zero-order valence-electron chi connectivity index (χ0n) is 23.4. The van der Waals surface area contributed by atoms with Gasteiger partial charge in [0.05, 0.1) is 31.7 Å². The van der Waals surface area contributed by atoms with Crippen molar-refractivity contribution >= 4 is 23.3 Å². The number of benzene rings is 1. The van der Waals surface area contributed by atoms with E-state index in [1.54, 1.807) is 36.2 Å². The van der Waals surface area contributed by atoms with Crippen LogP contribution in [0.2, 0.25) is 0 Å². The number of amides is 2. The SMILES string of the molecule is CCc1nc2ccc(C(=O)N3CCN(C(=O)c4ccco4)CC3)cn2c1N(CC)Cc1ccc(OC)c(OC)c1. The Labute approximate surface area is 233 Å². The molecule has 1 fully saturated rings. The number of pyridine rings is 1. The molecule has 0 bridgehead atoms. The minimum atomic E-state index is -0.150. The van der Waals surface area contributed by atoms with Gasteiger partial charge in [-0.2, -0.15) is 0 Å². The second-order valence-corrected chi connectivity index (χ2v) is 9.65. The smallest absolute Gasteiger partial charge is 0.289 e. The molecule has 0 N–H and O–H groups in total. The predicted octanol–water partition coefficient (Wildman–Crippen LogP) is 4.13. The number of nitrogens with zero attached hydrogens (tertiary/aromatic N) is 5. The van der Waals surface area contributed by atoms with Crippen molar-refractivity contribution in [1.82, 2.24) is 19.2 Å². The van der Waals surface area contributed by atoms with E-state index in [2.05, 4.69) is 18.7 Å². The normalized spacial score (nSPS) is 13.5. The van der Waals surface area contributed by atoms with E-state index in [0.29, 0.717) is 55.5 Å². The van der Waals surface area contributed by atoms with Crippen molar-refractivity contribution in [3.05, 3.63) is 77.5 Å². The van der Waals surface area contributed by atoms with Gasteiger partial charge in [0.25, 0.3) is 11.8 Å². The predicted molar refractivity (Wildman–Crippen MR) is 151 cm³/mol. The summed E-state index contributed by atoms with van der Waals surface area (Å²) >= 11 is 0. The van der Waals surface area contributed by atoms with Crippen LogP contribution in [0.5, 0.6) is 11.5 Å². The molecule has 0 saturated carbocycles. The standard InChI is InChI=1S/C30H35N5O5/c1-5-23-28(32(6-2)19-21-9-11-24(38-3)26(18-21)39-4)35-20-22(10-12-27(35)31-23)29(36)33-13-15-34(16-14-33)30(37)25-8-7-17-40-25/h7-12,17-18,20H,5-6,13-16,19H2,1-4H3. The van der Waals surface area contributed by atoms with E-state index in [1.807, 2.05) is 40.9 Å².